The van der Waals surface area contributed by atoms with Gasteiger partial charge in [0, 0.05) is 29.4 Å². The zero-order valence-corrected chi connectivity index (χ0v) is 13.0. The highest BCUT2D eigenvalue weighted by atomic mass is 35.5. The molecular formula is C17H19ClN2O. The normalized spacial score (nSPS) is 12.2. The number of hydrogen-bond donors (Lipinski definition) is 1. The molecule has 0 bridgehead atoms. The molecule has 0 radical (unpaired) electrons. The van der Waals surface area contributed by atoms with Crippen LogP contribution in [0.15, 0.2) is 48.7 Å². The minimum atomic E-state index is -0.264. The molecule has 0 spiro atoms. The molecule has 1 amide bonds. The molecule has 1 atom stereocenters. The quantitative estimate of drug-likeness (QED) is 0.917. The van der Waals surface area contributed by atoms with E-state index in [1.165, 1.54) is 0 Å². The highest BCUT2D eigenvalue weighted by Crippen LogP contribution is 2.22. The summed E-state index contributed by atoms with van der Waals surface area (Å²) in [6, 6.07) is 13.3. The van der Waals surface area contributed by atoms with Gasteiger partial charge in [0.1, 0.15) is 0 Å². The molecule has 1 unspecified atom stereocenters. The second-order valence-electron chi connectivity index (χ2n) is 5.29. The van der Waals surface area contributed by atoms with Crippen molar-refractivity contribution < 1.29 is 4.79 Å². The van der Waals surface area contributed by atoms with Gasteiger partial charge in [0.15, 0.2) is 0 Å². The molecule has 0 aliphatic heterocycles. The molecule has 1 heterocycles. The highest BCUT2D eigenvalue weighted by molar-refractivity contribution is 6.30. The highest BCUT2D eigenvalue weighted by Gasteiger charge is 2.22. The number of halogens is 1. The summed E-state index contributed by atoms with van der Waals surface area (Å²) in [4.78, 5) is 16.8. The number of benzene rings is 1. The molecular weight excluding hydrogens is 284 g/mol. The van der Waals surface area contributed by atoms with Crippen LogP contribution in [0, 0.1) is 0 Å². The summed E-state index contributed by atoms with van der Waals surface area (Å²) >= 11 is 5.93. The number of aromatic nitrogens is 1. The predicted octanol–water partition coefficient (Wildman–Crippen LogP) is 3.59. The second-order valence-corrected chi connectivity index (χ2v) is 5.73. The third-order valence-electron chi connectivity index (χ3n) is 3.16. The van der Waals surface area contributed by atoms with Crippen molar-refractivity contribution in [3.05, 3.63) is 64.9 Å². The van der Waals surface area contributed by atoms with Crippen molar-refractivity contribution in [2.45, 2.75) is 32.2 Å². The van der Waals surface area contributed by atoms with E-state index < -0.39 is 0 Å². The fraction of sp³-hybridized carbons (Fsp3) is 0.294. The smallest absolute Gasteiger partial charge is 0.228 e. The molecule has 0 aliphatic carbocycles. The third kappa shape index (κ3) is 4.57. The van der Waals surface area contributed by atoms with Crippen molar-refractivity contribution >= 4 is 17.5 Å². The zero-order chi connectivity index (χ0) is 15.2. The zero-order valence-electron chi connectivity index (χ0n) is 12.2. The summed E-state index contributed by atoms with van der Waals surface area (Å²) < 4.78 is 0. The first-order chi connectivity index (χ1) is 10.1. The van der Waals surface area contributed by atoms with Gasteiger partial charge in [-0.2, -0.15) is 0 Å². The van der Waals surface area contributed by atoms with E-state index in [0.29, 0.717) is 11.4 Å². The first kappa shape index (κ1) is 15.5. The van der Waals surface area contributed by atoms with E-state index in [9.17, 15) is 4.79 Å². The van der Waals surface area contributed by atoms with Crippen molar-refractivity contribution in [1.29, 1.82) is 0 Å². The van der Waals surface area contributed by atoms with E-state index in [4.69, 9.17) is 11.6 Å². The predicted molar refractivity (Wildman–Crippen MR) is 85.4 cm³/mol. The Labute approximate surface area is 130 Å². The van der Waals surface area contributed by atoms with Gasteiger partial charge in [-0.05, 0) is 43.7 Å². The molecule has 3 nitrogen and oxygen atoms in total. The topological polar surface area (TPSA) is 42.0 Å². The van der Waals surface area contributed by atoms with Crippen LogP contribution >= 0.6 is 11.6 Å². The van der Waals surface area contributed by atoms with Gasteiger partial charge in [0.25, 0.3) is 0 Å². The Morgan fingerprint density at radius 1 is 1.19 bits per heavy atom. The molecule has 21 heavy (non-hydrogen) atoms. The number of rotatable bonds is 5. The lowest BCUT2D eigenvalue weighted by molar-refractivity contribution is -0.123. The molecule has 0 fully saturated rings. The van der Waals surface area contributed by atoms with Crippen molar-refractivity contribution in [1.82, 2.24) is 10.3 Å². The molecule has 2 aromatic rings. The molecule has 1 N–H and O–H groups in total. The van der Waals surface area contributed by atoms with Crippen LogP contribution in [0.2, 0.25) is 5.02 Å². The number of pyridine rings is 1. The maximum Gasteiger partial charge on any atom is 0.228 e. The summed E-state index contributed by atoms with van der Waals surface area (Å²) in [5.41, 5.74) is 1.85. The van der Waals surface area contributed by atoms with Gasteiger partial charge in [-0.15, -0.1) is 0 Å². The van der Waals surface area contributed by atoms with Crippen LogP contribution < -0.4 is 5.32 Å². The Balaban J connectivity index is 2.25. The molecule has 1 aromatic heterocycles. The van der Waals surface area contributed by atoms with Crippen LogP contribution in [0.1, 0.15) is 31.0 Å². The Hall–Kier alpha value is -1.87. The molecule has 0 saturated heterocycles. The summed E-state index contributed by atoms with van der Waals surface area (Å²) in [5, 5.41) is 3.64. The number of nitrogens with one attached hydrogen (secondary N) is 1. The average molecular weight is 303 g/mol. The van der Waals surface area contributed by atoms with Gasteiger partial charge in [0.05, 0.1) is 5.92 Å². The lowest BCUT2D eigenvalue weighted by Gasteiger charge is -2.19. The molecule has 0 saturated carbocycles. The van der Waals surface area contributed by atoms with E-state index in [1.54, 1.807) is 6.20 Å². The fourth-order valence-electron chi connectivity index (χ4n) is 2.17. The number of hydrogen-bond acceptors (Lipinski definition) is 2. The summed E-state index contributed by atoms with van der Waals surface area (Å²) in [5.74, 6) is -0.252. The van der Waals surface area contributed by atoms with Gasteiger partial charge in [0.2, 0.25) is 5.91 Å². The fourth-order valence-corrected chi connectivity index (χ4v) is 2.30. The SMILES string of the molecule is CC(C)NC(=O)C(Cc1ccccn1)c1ccc(Cl)cc1. The van der Waals surface area contributed by atoms with E-state index >= 15 is 0 Å². The van der Waals surface area contributed by atoms with E-state index in [1.807, 2.05) is 56.3 Å². The van der Waals surface area contributed by atoms with Crippen molar-refractivity contribution in [3.63, 3.8) is 0 Å². The van der Waals surface area contributed by atoms with Gasteiger partial charge in [-0.1, -0.05) is 29.8 Å². The summed E-state index contributed by atoms with van der Waals surface area (Å²) in [6.07, 6.45) is 2.32. The first-order valence-electron chi connectivity index (χ1n) is 7.02. The Morgan fingerprint density at radius 3 is 2.48 bits per heavy atom. The van der Waals surface area contributed by atoms with Gasteiger partial charge in [-0.25, -0.2) is 0 Å². The van der Waals surface area contributed by atoms with E-state index in [0.717, 1.165) is 11.3 Å². The molecule has 0 aliphatic rings. The lowest BCUT2D eigenvalue weighted by Crippen LogP contribution is -2.35. The van der Waals surface area contributed by atoms with E-state index in [2.05, 4.69) is 10.3 Å². The molecule has 4 heteroatoms. The van der Waals surface area contributed by atoms with Crippen LogP contribution in [0.3, 0.4) is 0 Å². The average Bonchev–Trinajstić information content (AvgIpc) is 2.46. The maximum atomic E-state index is 12.5. The largest absolute Gasteiger partial charge is 0.353 e. The minimum absolute atomic E-state index is 0.0120. The number of nitrogens with zero attached hydrogens (tertiary/aromatic N) is 1. The van der Waals surface area contributed by atoms with Crippen LogP contribution in [-0.2, 0) is 11.2 Å². The van der Waals surface area contributed by atoms with Crippen LogP contribution in [0.4, 0.5) is 0 Å². The standard InChI is InChI=1S/C17H19ClN2O/c1-12(2)20-17(21)16(11-15-5-3-4-10-19-15)13-6-8-14(18)9-7-13/h3-10,12,16H,11H2,1-2H3,(H,20,21). The first-order valence-corrected chi connectivity index (χ1v) is 7.40. The van der Waals surface area contributed by atoms with Gasteiger partial charge in [-0.3, -0.25) is 9.78 Å². The number of carbonyl (C=O) groups excluding carboxylic acids is 1. The van der Waals surface area contributed by atoms with Crippen LogP contribution in [0.5, 0.6) is 0 Å². The van der Waals surface area contributed by atoms with Crippen LogP contribution in [0.25, 0.3) is 0 Å². The minimum Gasteiger partial charge on any atom is -0.353 e. The Kier molecular flexibility index (Phi) is 5.34. The maximum absolute atomic E-state index is 12.5. The Morgan fingerprint density at radius 2 is 1.90 bits per heavy atom. The van der Waals surface area contributed by atoms with E-state index in [-0.39, 0.29) is 17.9 Å². The summed E-state index contributed by atoms with van der Waals surface area (Å²) in [7, 11) is 0. The van der Waals surface area contributed by atoms with Crippen molar-refractivity contribution in [2.24, 2.45) is 0 Å². The molecule has 1 aromatic carbocycles. The lowest BCUT2D eigenvalue weighted by atomic mass is 9.93. The summed E-state index contributed by atoms with van der Waals surface area (Å²) in [6.45, 7) is 3.91. The van der Waals surface area contributed by atoms with Gasteiger partial charge < -0.3 is 5.32 Å². The van der Waals surface area contributed by atoms with Crippen LogP contribution in [-0.4, -0.2) is 16.9 Å². The molecule has 110 valence electrons. The number of amides is 1. The number of carbonyl (C=O) groups is 1. The third-order valence-corrected chi connectivity index (χ3v) is 3.41. The monoisotopic (exact) mass is 302 g/mol. The second kappa shape index (κ2) is 7.23. The van der Waals surface area contributed by atoms with Gasteiger partial charge >= 0.3 is 0 Å². The van der Waals surface area contributed by atoms with Crippen molar-refractivity contribution in [2.75, 3.05) is 0 Å². The molecule has 2 rings (SSSR count). The Bertz CT molecular complexity index is 581. The van der Waals surface area contributed by atoms with Crippen molar-refractivity contribution in [3.8, 4) is 0 Å².